The lowest BCUT2D eigenvalue weighted by Crippen LogP contribution is -2.03. The van der Waals surface area contributed by atoms with Crippen LogP contribution < -0.4 is 4.74 Å². The highest BCUT2D eigenvalue weighted by Crippen LogP contribution is 2.35. The lowest BCUT2D eigenvalue weighted by molar-refractivity contribution is -0.129. The topological polar surface area (TPSA) is 46.5 Å². The molecule has 2 rings (SSSR count). The molecule has 1 heterocycles. The average molecular weight is 194 g/mol. The van der Waals surface area contributed by atoms with Crippen LogP contribution in [-0.2, 0) is 4.79 Å². The molecule has 0 bridgehead atoms. The van der Waals surface area contributed by atoms with E-state index in [0.29, 0.717) is 5.75 Å². The van der Waals surface area contributed by atoms with Gasteiger partial charge in [0.05, 0.1) is 11.0 Å². The summed E-state index contributed by atoms with van der Waals surface area (Å²) in [6, 6.07) is 7.06. The van der Waals surface area contributed by atoms with Crippen molar-refractivity contribution in [2.75, 3.05) is 0 Å². The van der Waals surface area contributed by atoms with Crippen molar-refractivity contribution in [1.29, 1.82) is 0 Å². The minimum Gasteiger partial charge on any atom is -0.502 e. The molecule has 0 aromatic heterocycles. The summed E-state index contributed by atoms with van der Waals surface area (Å²) in [5.74, 6) is -0.0623. The Morgan fingerprint density at radius 1 is 1.31 bits per heavy atom. The highest BCUT2D eigenvalue weighted by atomic mass is 32.2. The van der Waals surface area contributed by atoms with Crippen LogP contribution >= 0.6 is 11.8 Å². The Morgan fingerprint density at radius 3 is 2.92 bits per heavy atom. The van der Waals surface area contributed by atoms with Gasteiger partial charge in [-0.3, -0.25) is 0 Å². The Balaban J connectivity index is 2.46. The van der Waals surface area contributed by atoms with Gasteiger partial charge in [0.15, 0.2) is 5.09 Å². The maximum atomic E-state index is 11.0. The fourth-order valence-electron chi connectivity index (χ4n) is 1.000. The van der Waals surface area contributed by atoms with Crippen molar-refractivity contribution >= 4 is 17.7 Å². The average Bonchev–Trinajstić information content (AvgIpc) is 2.20. The van der Waals surface area contributed by atoms with Crippen molar-refractivity contribution < 1.29 is 14.6 Å². The Labute approximate surface area is 79.0 Å². The highest BCUT2D eigenvalue weighted by molar-refractivity contribution is 8.03. The maximum absolute atomic E-state index is 11.0. The molecule has 1 aromatic carbocycles. The predicted octanol–water partition coefficient (Wildman–Crippen LogP) is 2.10. The number of hydrogen-bond donors (Lipinski definition) is 1. The molecule has 0 fully saturated rings. The zero-order valence-corrected chi connectivity index (χ0v) is 7.38. The lowest BCUT2D eigenvalue weighted by Gasteiger charge is -2.02. The first-order valence-corrected chi connectivity index (χ1v) is 4.47. The normalized spacial score (nSPS) is 15.4. The summed E-state index contributed by atoms with van der Waals surface area (Å²) < 4.78 is 4.93. The molecule has 66 valence electrons. The van der Waals surface area contributed by atoms with Crippen molar-refractivity contribution in [1.82, 2.24) is 0 Å². The number of esters is 1. The van der Waals surface area contributed by atoms with Crippen LogP contribution in [0.1, 0.15) is 0 Å². The van der Waals surface area contributed by atoms with Crippen molar-refractivity contribution in [3.63, 3.8) is 0 Å². The van der Waals surface area contributed by atoms with Gasteiger partial charge in [0.2, 0.25) is 0 Å². The summed E-state index contributed by atoms with van der Waals surface area (Å²) in [6.45, 7) is 0. The van der Waals surface area contributed by atoms with Crippen molar-refractivity contribution in [3.05, 3.63) is 35.4 Å². The molecule has 1 aromatic rings. The third-order valence-electron chi connectivity index (χ3n) is 1.52. The maximum Gasteiger partial charge on any atom is 0.340 e. The van der Waals surface area contributed by atoms with Crippen LogP contribution in [0.2, 0.25) is 0 Å². The number of aliphatic hydroxyl groups excluding tert-OH is 1. The molecular weight excluding hydrogens is 188 g/mol. The number of benzene rings is 1. The second-order valence-corrected chi connectivity index (χ2v) is 3.51. The zero-order valence-electron chi connectivity index (χ0n) is 6.56. The van der Waals surface area contributed by atoms with E-state index in [2.05, 4.69) is 0 Å². The van der Waals surface area contributed by atoms with Gasteiger partial charge in [-0.05, 0) is 23.9 Å². The van der Waals surface area contributed by atoms with Crippen LogP contribution in [0.25, 0.3) is 0 Å². The van der Waals surface area contributed by atoms with Crippen LogP contribution in [-0.4, -0.2) is 11.1 Å². The third-order valence-corrected chi connectivity index (χ3v) is 2.40. The minimum atomic E-state index is -0.546. The van der Waals surface area contributed by atoms with E-state index in [1.165, 1.54) is 0 Å². The van der Waals surface area contributed by atoms with Gasteiger partial charge < -0.3 is 9.84 Å². The van der Waals surface area contributed by atoms with E-state index in [-0.39, 0.29) is 5.09 Å². The molecule has 0 spiro atoms. The Hall–Kier alpha value is -1.42. The van der Waals surface area contributed by atoms with Crippen LogP contribution in [0.5, 0.6) is 5.75 Å². The predicted molar refractivity (Wildman–Crippen MR) is 48.6 cm³/mol. The molecule has 0 aliphatic carbocycles. The Morgan fingerprint density at radius 2 is 2.08 bits per heavy atom. The number of hydrogen-bond acceptors (Lipinski definition) is 4. The number of ether oxygens (including phenoxy) is 1. The number of para-hydroxylation sites is 1. The number of rotatable bonds is 0. The van der Waals surface area contributed by atoms with E-state index in [4.69, 9.17) is 4.74 Å². The third kappa shape index (κ3) is 1.67. The van der Waals surface area contributed by atoms with Gasteiger partial charge in [0, 0.05) is 0 Å². The van der Waals surface area contributed by atoms with Crippen LogP contribution in [0, 0.1) is 0 Å². The van der Waals surface area contributed by atoms with Crippen molar-refractivity contribution in [3.8, 4) is 5.75 Å². The van der Waals surface area contributed by atoms with Crippen LogP contribution in [0.4, 0.5) is 0 Å². The van der Waals surface area contributed by atoms with E-state index in [0.717, 1.165) is 22.7 Å². The summed E-state index contributed by atoms with van der Waals surface area (Å²) >= 11 is 1.11. The summed E-state index contributed by atoms with van der Waals surface area (Å²) in [6.07, 6.45) is 1.06. The molecule has 0 unspecified atom stereocenters. The molecule has 0 radical (unpaired) electrons. The van der Waals surface area contributed by atoms with Gasteiger partial charge in [-0.15, -0.1) is 0 Å². The minimum absolute atomic E-state index is 0.0463. The zero-order chi connectivity index (χ0) is 9.26. The van der Waals surface area contributed by atoms with E-state index < -0.39 is 5.97 Å². The number of thioether (sulfide) groups is 1. The highest BCUT2D eigenvalue weighted by Gasteiger charge is 2.14. The second-order valence-electron chi connectivity index (χ2n) is 2.45. The first-order chi connectivity index (χ1) is 6.25. The van der Waals surface area contributed by atoms with Crippen LogP contribution in [0.3, 0.4) is 0 Å². The molecule has 4 heteroatoms. The van der Waals surface area contributed by atoms with Gasteiger partial charge in [-0.2, -0.15) is 0 Å². The smallest absolute Gasteiger partial charge is 0.340 e. The molecule has 0 amide bonds. The van der Waals surface area contributed by atoms with Gasteiger partial charge in [0.25, 0.3) is 0 Å². The molecule has 13 heavy (non-hydrogen) atoms. The fourth-order valence-corrected chi connectivity index (χ4v) is 1.74. The number of carbonyl (C=O) groups excluding carboxylic acids is 1. The van der Waals surface area contributed by atoms with Crippen molar-refractivity contribution in [2.45, 2.75) is 4.90 Å². The van der Waals surface area contributed by atoms with Crippen molar-refractivity contribution in [2.24, 2.45) is 0 Å². The fraction of sp³-hybridized carbons (Fsp3) is 0. The van der Waals surface area contributed by atoms with E-state index in [1.807, 2.05) is 6.07 Å². The number of carbonyl (C=O) groups is 1. The number of aliphatic hydroxyl groups is 1. The van der Waals surface area contributed by atoms with E-state index >= 15 is 0 Å². The first kappa shape index (κ1) is 8.19. The molecule has 0 atom stereocenters. The second kappa shape index (κ2) is 3.14. The molecule has 1 aliphatic rings. The monoisotopic (exact) mass is 194 g/mol. The van der Waals surface area contributed by atoms with Gasteiger partial charge in [-0.25, -0.2) is 4.79 Å². The van der Waals surface area contributed by atoms with E-state index in [1.54, 1.807) is 18.2 Å². The Kier molecular flexibility index (Phi) is 1.98. The SMILES string of the molecule is O=C1C=C(O)Sc2ccccc2O1. The summed E-state index contributed by atoms with van der Waals surface area (Å²) in [5, 5.41) is 9.18. The molecule has 0 saturated carbocycles. The largest absolute Gasteiger partial charge is 0.502 e. The summed E-state index contributed by atoms with van der Waals surface area (Å²) in [4.78, 5) is 11.7. The molecule has 1 N–H and O–H groups in total. The molecule has 0 saturated heterocycles. The standard InChI is InChI=1S/C9H6O3S/c10-8-5-9(11)13-7-4-2-1-3-6(7)12-8/h1-5,11H. The molecular formula is C9H6O3S. The summed E-state index contributed by atoms with van der Waals surface area (Å²) in [5.41, 5.74) is 0. The Bertz CT molecular complexity index is 384. The quantitative estimate of drug-likeness (QED) is 0.507. The van der Waals surface area contributed by atoms with Gasteiger partial charge in [0.1, 0.15) is 5.75 Å². The lowest BCUT2D eigenvalue weighted by atomic mass is 10.3. The first-order valence-electron chi connectivity index (χ1n) is 3.65. The summed E-state index contributed by atoms with van der Waals surface area (Å²) in [7, 11) is 0. The molecule has 3 nitrogen and oxygen atoms in total. The van der Waals surface area contributed by atoms with E-state index in [9.17, 15) is 9.90 Å². The van der Waals surface area contributed by atoms with Crippen LogP contribution in [0.15, 0.2) is 40.3 Å². The molecule has 1 aliphatic heterocycles. The number of fused-ring (bicyclic) bond motifs is 1. The van der Waals surface area contributed by atoms with Gasteiger partial charge in [-0.1, -0.05) is 12.1 Å². The van der Waals surface area contributed by atoms with Gasteiger partial charge >= 0.3 is 5.97 Å².